The van der Waals surface area contributed by atoms with Gasteiger partial charge < -0.3 is 15.2 Å². The third-order valence-corrected chi connectivity index (χ3v) is 5.23. The molecule has 1 unspecified atom stereocenters. The second-order valence-electron chi connectivity index (χ2n) is 7.28. The van der Waals surface area contributed by atoms with E-state index < -0.39 is 0 Å². The number of carbonyl (C=O) groups is 1. The van der Waals surface area contributed by atoms with E-state index in [1.54, 1.807) is 0 Å². The van der Waals surface area contributed by atoms with E-state index in [4.69, 9.17) is 4.52 Å². The highest BCUT2D eigenvalue weighted by molar-refractivity contribution is 5.85. The van der Waals surface area contributed by atoms with Crippen molar-refractivity contribution in [3.05, 3.63) is 18.1 Å². The minimum absolute atomic E-state index is 0. The van der Waals surface area contributed by atoms with Crippen LogP contribution in [-0.2, 0) is 11.2 Å². The molecule has 2 aromatic heterocycles. The Bertz CT molecular complexity index is 734. The van der Waals surface area contributed by atoms with Gasteiger partial charge in [-0.25, -0.2) is 0 Å². The molecule has 1 aliphatic carbocycles. The van der Waals surface area contributed by atoms with E-state index in [9.17, 15) is 4.79 Å². The van der Waals surface area contributed by atoms with Gasteiger partial charge in [0.25, 0.3) is 5.89 Å². The molecule has 4 rings (SSSR count). The van der Waals surface area contributed by atoms with Gasteiger partial charge in [0.15, 0.2) is 11.5 Å². The summed E-state index contributed by atoms with van der Waals surface area (Å²) < 4.78 is 7.27. The zero-order chi connectivity index (χ0) is 17.8. The van der Waals surface area contributed by atoms with Crippen LogP contribution in [0, 0.1) is 0 Å². The molecule has 27 heavy (non-hydrogen) atoms. The second-order valence-corrected chi connectivity index (χ2v) is 7.28. The lowest BCUT2D eigenvalue weighted by Gasteiger charge is -2.22. The number of carbonyl (C=O) groups excluding carboxylic acids is 1. The zero-order valence-corrected chi connectivity index (χ0v) is 16.2. The number of rotatable bonds is 5. The summed E-state index contributed by atoms with van der Waals surface area (Å²) in [6, 6.07) is 2.54. The quantitative estimate of drug-likeness (QED) is 0.807. The van der Waals surface area contributed by atoms with Crippen LogP contribution in [0.15, 0.2) is 16.8 Å². The second kappa shape index (κ2) is 9.32. The molecule has 1 saturated heterocycles. The average molecular weight is 395 g/mol. The summed E-state index contributed by atoms with van der Waals surface area (Å²) in [5.74, 6) is 0.734. The molecule has 3 heterocycles. The highest BCUT2D eigenvalue weighted by Gasteiger charge is 2.20. The van der Waals surface area contributed by atoms with E-state index in [0.717, 1.165) is 38.8 Å². The van der Waals surface area contributed by atoms with Gasteiger partial charge in [0, 0.05) is 18.8 Å². The zero-order valence-electron chi connectivity index (χ0n) is 15.4. The summed E-state index contributed by atoms with van der Waals surface area (Å²) in [6.45, 7) is 2.00. The largest absolute Gasteiger partial charge is 0.353 e. The molecule has 1 atom stereocenters. The van der Waals surface area contributed by atoms with E-state index in [-0.39, 0.29) is 24.7 Å². The third-order valence-electron chi connectivity index (χ3n) is 5.23. The predicted molar refractivity (Wildman–Crippen MR) is 103 cm³/mol. The van der Waals surface area contributed by atoms with E-state index in [1.807, 2.05) is 16.9 Å². The van der Waals surface area contributed by atoms with Crippen LogP contribution in [-0.4, -0.2) is 45.0 Å². The van der Waals surface area contributed by atoms with Gasteiger partial charge in [0.2, 0.25) is 5.91 Å². The maximum absolute atomic E-state index is 12.2. The molecule has 1 aliphatic heterocycles. The molecule has 0 aromatic carbocycles. The van der Waals surface area contributed by atoms with Crippen LogP contribution in [0.5, 0.6) is 0 Å². The minimum Gasteiger partial charge on any atom is -0.353 e. The SMILES string of the molecule is Cl.O=C(Cc1noc(-c2ccn(C3CCCNC3)n2)n1)NC1CCCCC1. The lowest BCUT2D eigenvalue weighted by atomic mass is 9.95. The minimum atomic E-state index is -0.0388. The molecule has 2 aromatic rings. The Morgan fingerprint density at radius 1 is 1.26 bits per heavy atom. The van der Waals surface area contributed by atoms with Gasteiger partial charge in [0.1, 0.15) is 0 Å². The molecule has 2 N–H and O–H groups in total. The van der Waals surface area contributed by atoms with Crippen LogP contribution in [0.1, 0.15) is 56.8 Å². The first kappa shape index (κ1) is 19.8. The maximum Gasteiger partial charge on any atom is 0.278 e. The number of piperidine rings is 1. The summed E-state index contributed by atoms with van der Waals surface area (Å²) in [7, 11) is 0. The molecule has 148 valence electrons. The highest BCUT2D eigenvalue weighted by atomic mass is 35.5. The van der Waals surface area contributed by atoms with Crippen molar-refractivity contribution in [2.75, 3.05) is 13.1 Å². The molecule has 2 fully saturated rings. The molecule has 0 spiro atoms. The average Bonchev–Trinajstić information content (AvgIpc) is 3.32. The molecule has 1 amide bonds. The van der Waals surface area contributed by atoms with Crippen LogP contribution < -0.4 is 10.6 Å². The Kier molecular flexibility index (Phi) is 6.84. The maximum atomic E-state index is 12.2. The predicted octanol–water partition coefficient (Wildman–Crippen LogP) is 2.27. The fraction of sp³-hybridized carbons (Fsp3) is 0.667. The van der Waals surface area contributed by atoms with E-state index >= 15 is 0 Å². The Labute approximate surface area is 164 Å². The molecular formula is C18H27ClN6O2. The van der Waals surface area contributed by atoms with Gasteiger partial charge in [-0.1, -0.05) is 24.4 Å². The summed E-state index contributed by atoms with van der Waals surface area (Å²) in [6.07, 6.45) is 10.1. The Hall–Kier alpha value is -1.93. The van der Waals surface area contributed by atoms with Gasteiger partial charge in [-0.05, 0) is 38.3 Å². The van der Waals surface area contributed by atoms with Crippen molar-refractivity contribution in [3.63, 3.8) is 0 Å². The fourth-order valence-electron chi connectivity index (χ4n) is 3.81. The molecule has 9 heteroatoms. The summed E-state index contributed by atoms with van der Waals surface area (Å²) in [5.41, 5.74) is 0.655. The fourth-order valence-corrected chi connectivity index (χ4v) is 3.81. The van der Waals surface area contributed by atoms with Crippen molar-refractivity contribution in [3.8, 4) is 11.6 Å². The molecular weight excluding hydrogens is 368 g/mol. The number of hydrogen-bond acceptors (Lipinski definition) is 6. The van der Waals surface area contributed by atoms with Crippen molar-refractivity contribution >= 4 is 18.3 Å². The third kappa shape index (κ3) is 5.07. The van der Waals surface area contributed by atoms with Gasteiger partial charge in [-0.2, -0.15) is 10.1 Å². The lowest BCUT2D eigenvalue weighted by molar-refractivity contribution is -0.121. The first-order valence-corrected chi connectivity index (χ1v) is 9.66. The summed E-state index contributed by atoms with van der Waals surface area (Å²) >= 11 is 0. The number of amides is 1. The van der Waals surface area contributed by atoms with Crippen molar-refractivity contribution in [2.45, 2.75) is 63.5 Å². The summed E-state index contributed by atoms with van der Waals surface area (Å²) in [4.78, 5) is 16.5. The van der Waals surface area contributed by atoms with Crippen molar-refractivity contribution < 1.29 is 9.32 Å². The van der Waals surface area contributed by atoms with Gasteiger partial charge >= 0.3 is 0 Å². The number of hydrogen-bond donors (Lipinski definition) is 2. The summed E-state index contributed by atoms with van der Waals surface area (Å²) in [5, 5.41) is 15.0. The van der Waals surface area contributed by atoms with E-state index in [1.165, 1.54) is 19.3 Å². The van der Waals surface area contributed by atoms with E-state index in [2.05, 4.69) is 25.9 Å². The Balaban J connectivity index is 0.00000210. The molecule has 0 radical (unpaired) electrons. The van der Waals surface area contributed by atoms with E-state index in [0.29, 0.717) is 29.5 Å². The highest BCUT2D eigenvalue weighted by Crippen LogP contribution is 2.20. The molecule has 8 nitrogen and oxygen atoms in total. The van der Waals surface area contributed by atoms with Crippen LogP contribution in [0.2, 0.25) is 0 Å². The topological polar surface area (TPSA) is 97.9 Å². The van der Waals surface area contributed by atoms with Crippen LogP contribution in [0.25, 0.3) is 11.6 Å². The first-order valence-electron chi connectivity index (χ1n) is 9.66. The monoisotopic (exact) mass is 394 g/mol. The molecule has 1 saturated carbocycles. The molecule has 0 bridgehead atoms. The Morgan fingerprint density at radius 2 is 2.11 bits per heavy atom. The van der Waals surface area contributed by atoms with Crippen molar-refractivity contribution in [1.82, 2.24) is 30.6 Å². The normalized spacial score (nSPS) is 20.8. The van der Waals surface area contributed by atoms with Gasteiger partial charge in [-0.15, -0.1) is 12.4 Å². The lowest BCUT2D eigenvalue weighted by Crippen LogP contribution is -2.37. The first-order chi connectivity index (χ1) is 12.8. The number of nitrogens with one attached hydrogen (secondary N) is 2. The van der Waals surface area contributed by atoms with Crippen LogP contribution >= 0.6 is 12.4 Å². The number of halogens is 1. The number of aromatic nitrogens is 4. The van der Waals surface area contributed by atoms with Gasteiger partial charge in [0.05, 0.1) is 12.5 Å². The van der Waals surface area contributed by atoms with Crippen LogP contribution in [0.4, 0.5) is 0 Å². The Morgan fingerprint density at radius 3 is 2.89 bits per heavy atom. The van der Waals surface area contributed by atoms with Crippen LogP contribution in [0.3, 0.4) is 0 Å². The number of nitrogens with zero attached hydrogens (tertiary/aromatic N) is 4. The van der Waals surface area contributed by atoms with Crippen molar-refractivity contribution in [1.29, 1.82) is 0 Å². The molecule has 2 aliphatic rings. The standard InChI is InChI=1S/C18H26N6O2.ClH/c25-17(20-13-5-2-1-3-6-13)11-16-21-18(26-23-16)15-8-10-24(22-15)14-7-4-9-19-12-14;/h8,10,13-14,19H,1-7,9,11-12H2,(H,20,25);1H. The van der Waals surface area contributed by atoms with Gasteiger partial charge in [-0.3, -0.25) is 9.48 Å². The smallest absolute Gasteiger partial charge is 0.278 e. The van der Waals surface area contributed by atoms with Crippen molar-refractivity contribution in [2.24, 2.45) is 0 Å².